The van der Waals surface area contributed by atoms with Crippen molar-refractivity contribution in [1.29, 1.82) is 0 Å². The molecular formula is C20H18N2O6S2. The van der Waals surface area contributed by atoms with Crippen LogP contribution in [0.5, 0.6) is 5.75 Å². The Morgan fingerprint density at radius 2 is 1.37 bits per heavy atom. The van der Waals surface area contributed by atoms with Crippen LogP contribution in [0.4, 0.5) is 10.5 Å². The molecular weight excluding hydrogens is 428 g/mol. The van der Waals surface area contributed by atoms with E-state index in [-0.39, 0.29) is 21.2 Å². The second-order valence-electron chi connectivity index (χ2n) is 6.22. The monoisotopic (exact) mass is 446 g/mol. The van der Waals surface area contributed by atoms with Gasteiger partial charge < -0.3 is 9.50 Å². The van der Waals surface area contributed by atoms with Crippen LogP contribution in [-0.4, -0.2) is 22.9 Å². The van der Waals surface area contributed by atoms with Gasteiger partial charge in [-0.2, -0.15) is 8.42 Å². The zero-order valence-corrected chi connectivity index (χ0v) is 17.4. The van der Waals surface area contributed by atoms with Gasteiger partial charge in [-0.25, -0.2) is 17.9 Å². The van der Waals surface area contributed by atoms with Crippen LogP contribution in [0.2, 0.25) is 0 Å². The lowest BCUT2D eigenvalue weighted by atomic mass is 10.2. The molecule has 3 aromatic carbocycles. The molecule has 8 nitrogen and oxygen atoms in total. The van der Waals surface area contributed by atoms with Gasteiger partial charge >= 0.3 is 16.1 Å². The summed E-state index contributed by atoms with van der Waals surface area (Å²) in [5.74, 6) is -0.163. The molecule has 0 aliphatic rings. The minimum absolute atomic E-state index is 0.0198. The quantitative estimate of drug-likeness (QED) is 0.561. The highest BCUT2D eigenvalue weighted by atomic mass is 32.2. The summed E-state index contributed by atoms with van der Waals surface area (Å²) < 4.78 is 56.6. The molecule has 0 bridgehead atoms. The van der Waals surface area contributed by atoms with E-state index in [9.17, 15) is 21.6 Å². The van der Waals surface area contributed by atoms with Gasteiger partial charge in [0.15, 0.2) is 5.75 Å². The van der Waals surface area contributed by atoms with Gasteiger partial charge in [0, 0.05) is 0 Å². The highest BCUT2D eigenvalue weighted by molar-refractivity contribution is 7.90. The Kier molecular flexibility index (Phi) is 6.09. The lowest BCUT2D eigenvalue weighted by Gasteiger charge is -2.13. The van der Waals surface area contributed by atoms with Crippen LogP contribution < -0.4 is 14.2 Å². The molecule has 156 valence electrons. The summed E-state index contributed by atoms with van der Waals surface area (Å²) in [6, 6.07) is 18.1. The summed E-state index contributed by atoms with van der Waals surface area (Å²) in [6.45, 7) is 1.80. The van der Waals surface area contributed by atoms with Crippen molar-refractivity contribution >= 4 is 31.9 Å². The Hall–Kier alpha value is -3.37. The molecule has 0 radical (unpaired) electrons. The number of nitrogens with one attached hydrogen (secondary N) is 2. The maximum absolute atomic E-state index is 12.4. The number of rotatable bonds is 6. The van der Waals surface area contributed by atoms with E-state index in [0.29, 0.717) is 0 Å². The first-order valence-electron chi connectivity index (χ1n) is 8.66. The molecule has 0 fully saturated rings. The molecule has 0 saturated heterocycles. The molecule has 0 unspecified atom stereocenters. The van der Waals surface area contributed by atoms with Crippen LogP contribution in [-0.2, 0) is 20.1 Å². The summed E-state index contributed by atoms with van der Waals surface area (Å²) in [5, 5.41) is 2.30. The highest BCUT2D eigenvalue weighted by Crippen LogP contribution is 2.27. The Labute approximate surface area is 174 Å². The maximum Gasteiger partial charge on any atom is 0.339 e. The lowest BCUT2D eigenvalue weighted by molar-refractivity contribution is 0.256. The summed E-state index contributed by atoms with van der Waals surface area (Å²) in [7, 11) is -8.25. The Balaban J connectivity index is 1.78. The SMILES string of the molecule is Cc1ccc(S(=O)(=O)NC(=O)Nc2ccccc2OS(=O)(=O)c2ccccc2)cc1. The predicted molar refractivity (Wildman–Crippen MR) is 111 cm³/mol. The normalized spacial score (nSPS) is 11.5. The molecule has 0 spiro atoms. The van der Waals surface area contributed by atoms with E-state index in [1.807, 2.05) is 4.72 Å². The lowest BCUT2D eigenvalue weighted by Crippen LogP contribution is -2.34. The van der Waals surface area contributed by atoms with E-state index in [1.54, 1.807) is 37.3 Å². The number of aryl methyl sites for hydroxylation is 1. The van der Waals surface area contributed by atoms with Gasteiger partial charge in [-0.05, 0) is 43.3 Å². The van der Waals surface area contributed by atoms with Crippen molar-refractivity contribution in [2.45, 2.75) is 16.7 Å². The third-order valence-corrected chi connectivity index (χ3v) is 6.52. The van der Waals surface area contributed by atoms with Crippen LogP contribution in [0.15, 0.2) is 88.7 Å². The van der Waals surface area contributed by atoms with E-state index >= 15 is 0 Å². The van der Waals surface area contributed by atoms with Crippen molar-refractivity contribution in [3.8, 4) is 5.75 Å². The first kappa shape index (κ1) is 21.3. The first-order chi connectivity index (χ1) is 14.2. The summed E-state index contributed by atoms with van der Waals surface area (Å²) >= 11 is 0. The zero-order chi connectivity index (χ0) is 21.8. The number of anilines is 1. The second-order valence-corrected chi connectivity index (χ2v) is 9.45. The molecule has 0 heterocycles. The van der Waals surface area contributed by atoms with Crippen molar-refractivity contribution in [3.05, 3.63) is 84.4 Å². The third-order valence-electron chi connectivity index (χ3n) is 3.92. The number of hydrogen-bond acceptors (Lipinski definition) is 6. The van der Waals surface area contributed by atoms with Gasteiger partial charge in [0.25, 0.3) is 10.0 Å². The molecule has 2 amide bonds. The summed E-state index contributed by atoms with van der Waals surface area (Å²) in [6.07, 6.45) is 0. The number of amides is 2. The van der Waals surface area contributed by atoms with Crippen molar-refractivity contribution in [3.63, 3.8) is 0 Å². The molecule has 0 aliphatic carbocycles. The van der Waals surface area contributed by atoms with Gasteiger partial charge in [0.1, 0.15) is 4.90 Å². The molecule has 10 heteroatoms. The van der Waals surface area contributed by atoms with Crippen molar-refractivity contribution < 1.29 is 25.8 Å². The fourth-order valence-corrected chi connectivity index (χ4v) is 4.32. The number of carbonyl (C=O) groups is 1. The largest absolute Gasteiger partial charge is 0.377 e. The molecule has 30 heavy (non-hydrogen) atoms. The number of benzene rings is 3. The van der Waals surface area contributed by atoms with E-state index in [4.69, 9.17) is 4.18 Å². The standard InChI is InChI=1S/C20H18N2O6S2/c1-15-11-13-16(14-12-15)29(24,25)22-20(23)21-18-9-5-6-10-19(18)28-30(26,27)17-7-3-2-4-8-17/h2-14H,1H3,(H2,21,22,23). The molecule has 0 aliphatic heterocycles. The van der Waals surface area contributed by atoms with Crippen LogP contribution in [0.25, 0.3) is 0 Å². The molecule has 3 aromatic rings. The Morgan fingerprint density at radius 3 is 2.03 bits per heavy atom. The third kappa shape index (κ3) is 5.16. The van der Waals surface area contributed by atoms with Gasteiger partial charge in [-0.15, -0.1) is 0 Å². The molecule has 0 aromatic heterocycles. The minimum Gasteiger partial charge on any atom is -0.377 e. The summed E-state index contributed by atoms with van der Waals surface area (Å²) in [4.78, 5) is 12.1. The van der Waals surface area contributed by atoms with E-state index in [0.717, 1.165) is 5.56 Å². The van der Waals surface area contributed by atoms with Crippen molar-refractivity contribution in [2.75, 3.05) is 5.32 Å². The van der Waals surface area contributed by atoms with Gasteiger partial charge in [-0.1, -0.05) is 48.0 Å². The number of urea groups is 1. The smallest absolute Gasteiger partial charge is 0.339 e. The predicted octanol–water partition coefficient (Wildman–Crippen LogP) is 3.27. The van der Waals surface area contributed by atoms with Crippen molar-refractivity contribution in [2.24, 2.45) is 0 Å². The molecule has 0 atom stereocenters. The number of carbonyl (C=O) groups excluding carboxylic acids is 1. The topological polar surface area (TPSA) is 119 Å². The number of hydrogen-bond donors (Lipinski definition) is 2. The maximum atomic E-state index is 12.4. The fraction of sp³-hybridized carbons (Fsp3) is 0.0500. The average molecular weight is 447 g/mol. The Bertz CT molecular complexity index is 1260. The van der Waals surface area contributed by atoms with Gasteiger partial charge in [-0.3, -0.25) is 0 Å². The average Bonchev–Trinajstić information content (AvgIpc) is 2.70. The van der Waals surface area contributed by atoms with E-state index in [2.05, 4.69) is 5.32 Å². The second kappa shape index (κ2) is 8.56. The van der Waals surface area contributed by atoms with E-state index < -0.39 is 26.2 Å². The molecule has 2 N–H and O–H groups in total. The first-order valence-corrected chi connectivity index (χ1v) is 11.6. The number of para-hydroxylation sites is 2. The zero-order valence-electron chi connectivity index (χ0n) is 15.8. The highest BCUT2D eigenvalue weighted by Gasteiger charge is 2.21. The van der Waals surface area contributed by atoms with E-state index in [1.165, 1.54) is 48.5 Å². The van der Waals surface area contributed by atoms with Gasteiger partial charge in [0.05, 0.1) is 10.6 Å². The van der Waals surface area contributed by atoms with Crippen LogP contribution >= 0.6 is 0 Å². The van der Waals surface area contributed by atoms with Crippen LogP contribution in [0, 0.1) is 6.92 Å². The molecule has 3 rings (SSSR count). The Morgan fingerprint density at radius 1 is 0.767 bits per heavy atom. The number of sulfonamides is 1. The van der Waals surface area contributed by atoms with Crippen LogP contribution in [0.1, 0.15) is 5.56 Å². The molecule has 0 saturated carbocycles. The minimum atomic E-state index is -4.14. The van der Waals surface area contributed by atoms with Gasteiger partial charge in [0.2, 0.25) is 0 Å². The van der Waals surface area contributed by atoms with Crippen LogP contribution in [0.3, 0.4) is 0 Å². The summed E-state index contributed by atoms with van der Waals surface area (Å²) in [5.41, 5.74) is 0.845. The van der Waals surface area contributed by atoms with Crippen molar-refractivity contribution in [1.82, 2.24) is 4.72 Å². The fourth-order valence-electron chi connectivity index (χ4n) is 2.44.